The second kappa shape index (κ2) is 11.1. The van der Waals surface area contributed by atoms with Gasteiger partial charge in [-0.2, -0.15) is 4.72 Å². The third-order valence-corrected chi connectivity index (χ3v) is 7.19. The summed E-state index contributed by atoms with van der Waals surface area (Å²) in [4.78, 5) is -0.562. The Labute approximate surface area is 233 Å². The molecule has 0 amide bonds. The molecule has 26 heavy (non-hydrogen) atoms. The van der Waals surface area contributed by atoms with Crippen molar-refractivity contribution in [3.05, 3.63) is 17.2 Å². The van der Waals surface area contributed by atoms with Crippen molar-refractivity contribution in [2.24, 2.45) is 11.1 Å². The Kier molecular flexibility index (Phi) is 12.2. The van der Waals surface area contributed by atoms with Gasteiger partial charge in [0.15, 0.2) is 0 Å². The zero-order valence-corrected chi connectivity index (χ0v) is 14.6. The van der Waals surface area contributed by atoms with Crippen LogP contribution in [0.15, 0.2) is 21.9 Å². The third-order valence-electron chi connectivity index (χ3n) is 4.30. The number of nitrogens with two attached hydrogens (primary N) is 1. The Morgan fingerprint density at radius 2 is 1.77 bits per heavy atom. The number of hydrogen-bond acceptors (Lipinski definition) is 5. The van der Waals surface area contributed by atoms with E-state index in [0.717, 1.165) is 18.9 Å². The van der Waals surface area contributed by atoms with Crippen LogP contribution in [0, 0.1) is 5.92 Å². The molecule has 4 N–H and O–H groups in total. The van der Waals surface area contributed by atoms with E-state index in [1.54, 1.807) is 0 Å². The van der Waals surface area contributed by atoms with Gasteiger partial charge in [-0.15, -0.1) is 0 Å². The van der Waals surface area contributed by atoms with Gasteiger partial charge in [0.05, 0.1) is 16.9 Å². The monoisotopic (exact) mass is 469 g/mol. The van der Waals surface area contributed by atoms with Gasteiger partial charge in [-0.1, -0.05) is 37.3 Å². The first-order valence-corrected chi connectivity index (χ1v) is 10.7. The summed E-state index contributed by atoms with van der Waals surface area (Å²) in [5, 5.41) is 8.05. The van der Waals surface area contributed by atoms with Crippen molar-refractivity contribution in [3.8, 4) is 0 Å². The van der Waals surface area contributed by atoms with Crippen molar-refractivity contribution in [1.82, 2.24) is 4.72 Å². The van der Waals surface area contributed by atoms with Gasteiger partial charge >= 0.3 is 96.9 Å². The van der Waals surface area contributed by atoms with Crippen LogP contribution in [0.5, 0.6) is 0 Å². The van der Waals surface area contributed by atoms with Crippen molar-refractivity contribution in [2.45, 2.75) is 48.1 Å². The number of sulfonamides is 2. The molecule has 0 bridgehead atoms. The van der Waals surface area contributed by atoms with E-state index in [-0.39, 0.29) is 107 Å². The number of benzene rings is 1. The molecular formula is C13H22CaClN3Na2O4S2. The number of primary sulfonamides is 1. The van der Waals surface area contributed by atoms with Crippen LogP contribution in [0.4, 0.5) is 5.69 Å². The van der Waals surface area contributed by atoms with Crippen LogP contribution in [-0.4, -0.2) is 120 Å². The minimum atomic E-state index is -4.10. The maximum atomic E-state index is 12.4. The van der Waals surface area contributed by atoms with Gasteiger partial charge in [0.25, 0.3) is 0 Å². The van der Waals surface area contributed by atoms with Crippen LogP contribution in [0.2, 0.25) is 5.02 Å². The molecule has 0 radical (unpaired) electrons. The average Bonchev–Trinajstić information content (AvgIpc) is 2.88. The molecule has 1 unspecified atom stereocenters. The third kappa shape index (κ3) is 6.70. The number of fused-ring (bicyclic) bond motifs is 1. The molecular weight excluding hydrogens is 448 g/mol. The molecule has 1 heterocycles. The summed E-state index contributed by atoms with van der Waals surface area (Å²) in [5.74, 6) is 0.482. The van der Waals surface area contributed by atoms with E-state index in [4.69, 9.17) is 16.7 Å². The predicted octanol–water partition coefficient (Wildman–Crippen LogP) is -0.616. The molecule has 7 nitrogen and oxygen atoms in total. The van der Waals surface area contributed by atoms with Gasteiger partial charge in [0.2, 0.25) is 20.0 Å². The van der Waals surface area contributed by atoms with Gasteiger partial charge in [-0.3, -0.25) is 0 Å². The van der Waals surface area contributed by atoms with Crippen LogP contribution in [-0.2, 0) is 20.0 Å². The molecule has 1 atom stereocenters. The Morgan fingerprint density at radius 1 is 1.19 bits per heavy atom. The molecule has 1 aromatic carbocycles. The van der Waals surface area contributed by atoms with Crippen LogP contribution in [0.3, 0.4) is 0 Å². The quantitative estimate of drug-likeness (QED) is 0.510. The fraction of sp³-hybridized carbons (Fsp3) is 0.538. The molecule has 1 aliphatic carbocycles. The van der Waals surface area contributed by atoms with Crippen molar-refractivity contribution < 1.29 is 16.8 Å². The van der Waals surface area contributed by atoms with Gasteiger partial charge in [-0.25, -0.2) is 22.0 Å². The standard InChI is InChI=1S/C13H18ClN3O4S2.Ca.2Na.4H/c14-9-6-10-12(7-11(9)22(15,18)19)23(20,21)17-13(16-10)5-8-3-1-2-4-8;;;;;;;/h6-8,13,16-17H,1-5H2,(H2,15,18,19);;;;;;;. The molecule has 13 heteroatoms. The molecule has 1 fully saturated rings. The number of hydrogen-bond donors (Lipinski definition) is 3. The van der Waals surface area contributed by atoms with Crippen LogP contribution in [0.25, 0.3) is 0 Å². The molecule has 1 aromatic rings. The minimum absolute atomic E-state index is 0. The Morgan fingerprint density at radius 3 is 2.31 bits per heavy atom. The fourth-order valence-corrected chi connectivity index (χ4v) is 5.75. The molecule has 136 valence electrons. The average molecular weight is 470 g/mol. The second-order valence-electron chi connectivity index (χ2n) is 6.03. The van der Waals surface area contributed by atoms with Gasteiger partial charge in [0, 0.05) is 0 Å². The molecule has 2 aliphatic rings. The topological polar surface area (TPSA) is 118 Å². The van der Waals surface area contributed by atoms with Crippen LogP contribution in [0.1, 0.15) is 32.1 Å². The molecule has 0 spiro atoms. The summed E-state index contributed by atoms with van der Waals surface area (Å²) >= 11 is 5.94. The summed E-state index contributed by atoms with van der Waals surface area (Å²) in [6, 6.07) is 2.30. The van der Waals surface area contributed by atoms with E-state index in [2.05, 4.69) is 10.0 Å². The summed E-state index contributed by atoms with van der Waals surface area (Å²) in [6.45, 7) is 0. The first-order valence-electron chi connectivity index (χ1n) is 7.32. The molecule has 3 rings (SSSR count). The zero-order valence-electron chi connectivity index (χ0n) is 12.2. The first-order chi connectivity index (χ1) is 10.7. The normalized spacial score (nSPS) is 21.4. The number of nitrogens with one attached hydrogen (secondary N) is 2. The van der Waals surface area contributed by atoms with E-state index < -0.39 is 31.1 Å². The van der Waals surface area contributed by atoms with Gasteiger partial charge < -0.3 is 5.32 Å². The van der Waals surface area contributed by atoms with Crippen LogP contribution < -0.4 is 15.2 Å². The predicted molar refractivity (Wildman–Crippen MR) is 110 cm³/mol. The van der Waals surface area contributed by atoms with E-state index in [1.165, 1.54) is 18.9 Å². The van der Waals surface area contributed by atoms with Crippen LogP contribution >= 0.6 is 11.6 Å². The maximum absolute atomic E-state index is 12.4. The molecule has 0 saturated heterocycles. The van der Waals surface area contributed by atoms with E-state index in [0.29, 0.717) is 18.0 Å². The summed E-state index contributed by atoms with van der Waals surface area (Å²) in [6.07, 6.45) is 4.80. The van der Waals surface area contributed by atoms with Crippen molar-refractivity contribution >= 4 is 134 Å². The number of halogens is 1. The molecule has 1 saturated carbocycles. The molecule has 0 aromatic heterocycles. The van der Waals surface area contributed by atoms with Crippen molar-refractivity contribution in [3.63, 3.8) is 0 Å². The Hall–Kier alpha value is 2.39. The Bertz CT molecular complexity index is 849. The number of rotatable bonds is 3. The summed E-state index contributed by atoms with van der Waals surface area (Å²) < 4.78 is 50.4. The van der Waals surface area contributed by atoms with Crippen molar-refractivity contribution in [1.29, 1.82) is 0 Å². The van der Waals surface area contributed by atoms with E-state index in [9.17, 15) is 16.8 Å². The number of anilines is 1. The Balaban J connectivity index is 0.00000208. The SMILES string of the molecule is NS(=O)(=O)c1cc2c(cc1Cl)NC(CC1CCCC1)NS2(=O)=O.[CaH2].[NaH].[NaH]. The van der Waals surface area contributed by atoms with E-state index in [1.807, 2.05) is 0 Å². The first kappa shape index (κ1) is 28.4. The fourth-order valence-electron chi connectivity index (χ4n) is 3.24. The van der Waals surface area contributed by atoms with Gasteiger partial charge in [-0.05, 0) is 24.5 Å². The van der Waals surface area contributed by atoms with Crippen molar-refractivity contribution in [2.75, 3.05) is 5.32 Å². The summed E-state index contributed by atoms with van der Waals surface area (Å²) in [5.41, 5.74) is 0.296. The molecule has 1 aliphatic heterocycles. The zero-order chi connectivity index (χ0) is 16.8. The second-order valence-corrected chi connectivity index (χ2v) is 9.65. The van der Waals surface area contributed by atoms with Gasteiger partial charge in [0.1, 0.15) is 9.79 Å². The van der Waals surface area contributed by atoms with E-state index >= 15 is 0 Å². The summed E-state index contributed by atoms with van der Waals surface area (Å²) in [7, 11) is -7.92.